The quantitative estimate of drug-likeness (QED) is 0.401. The minimum atomic E-state index is -4.38. The number of aliphatic carboxylic acids is 1. The number of halogens is 3. The second-order valence-corrected chi connectivity index (χ2v) is 9.11. The predicted octanol–water partition coefficient (Wildman–Crippen LogP) is 6.13. The monoisotopic (exact) mass is 477 g/mol. The van der Waals surface area contributed by atoms with E-state index in [-0.39, 0.29) is 13.0 Å². The molecule has 33 heavy (non-hydrogen) atoms. The number of rotatable bonds is 9. The normalized spacial score (nSPS) is 13.7. The number of aryl methyl sites for hydroxylation is 1. The Labute approximate surface area is 192 Å². The fraction of sp³-hybridized carbons (Fsp3) is 0.333. The minimum absolute atomic E-state index is 0.144. The van der Waals surface area contributed by atoms with Gasteiger partial charge in [0.2, 0.25) is 0 Å². The first-order chi connectivity index (χ1) is 15.7. The first kappa shape index (κ1) is 23.1. The first-order valence-corrected chi connectivity index (χ1v) is 11.2. The van der Waals surface area contributed by atoms with Crippen LogP contribution in [0.5, 0.6) is 11.5 Å². The second-order valence-electron chi connectivity index (χ2n) is 8.03. The molecule has 4 rings (SSSR count). The highest BCUT2D eigenvalue weighted by molar-refractivity contribution is 7.15. The average molecular weight is 478 g/mol. The van der Waals surface area contributed by atoms with Crippen LogP contribution in [0.1, 0.15) is 34.5 Å². The van der Waals surface area contributed by atoms with E-state index in [0.717, 1.165) is 35.5 Å². The number of hydrogen-bond acceptors (Lipinski definition) is 5. The lowest BCUT2D eigenvalue weighted by Gasteiger charge is -2.11. The van der Waals surface area contributed by atoms with Crippen LogP contribution in [-0.2, 0) is 24.0 Å². The molecular formula is C24H22F3NO4S. The maximum absolute atomic E-state index is 12.8. The van der Waals surface area contributed by atoms with Crippen LogP contribution in [0.3, 0.4) is 0 Å². The number of carboxylic acid groups (broad SMARTS) is 1. The standard InChI is InChI=1S/C24H22F3NO4S/c1-14-21(33-23(28-14)17-4-6-18(7-5-17)24(25,26)27)13-32-20-9-16(10-22(29)30)8-19(11-20)31-12-15-2-3-15/h4-9,11,15H,2-3,10,12-13H2,1H3,(H,29,30). The molecule has 3 aromatic rings. The summed E-state index contributed by atoms with van der Waals surface area (Å²) >= 11 is 1.34. The van der Waals surface area contributed by atoms with E-state index in [1.54, 1.807) is 18.2 Å². The van der Waals surface area contributed by atoms with Crippen LogP contribution in [0.2, 0.25) is 0 Å². The van der Waals surface area contributed by atoms with Gasteiger partial charge in [-0.25, -0.2) is 4.98 Å². The van der Waals surface area contributed by atoms with Crippen LogP contribution in [0.25, 0.3) is 10.6 Å². The van der Waals surface area contributed by atoms with Gasteiger partial charge >= 0.3 is 12.1 Å². The molecule has 1 aliphatic rings. The third kappa shape index (κ3) is 6.25. The van der Waals surface area contributed by atoms with Crippen molar-refractivity contribution in [2.75, 3.05) is 6.61 Å². The van der Waals surface area contributed by atoms with Crippen LogP contribution in [0, 0.1) is 12.8 Å². The number of alkyl halides is 3. The van der Waals surface area contributed by atoms with Gasteiger partial charge in [0.25, 0.3) is 0 Å². The Hall–Kier alpha value is -3.07. The first-order valence-electron chi connectivity index (χ1n) is 10.4. The number of carbonyl (C=O) groups is 1. The smallest absolute Gasteiger partial charge is 0.416 e. The topological polar surface area (TPSA) is 68.7 Å². The molecule has 0 bridgehead atoms. The van der Waals surface area contributed by atoms with E-state index in [1.807, 2.05) is 6.92 Å². The fourth-order valence-corrected chi connectivity index (χ4v) is 4.19. The summed E-state index contributed by atoms with van der Waals surface area (Å²) in [5.74, 6) is 0.672. The number of carboxylic acids is 1. The Kier molecular flexibility index (Phi) is 6.60. The van der Waals surface area contributed by atoms with E-state index in [0.29, 0.717) is 40.2 Å². The lowest BCUT2D eigenvalue weighted by Crippen LogP contribution is -2.04. The van der Waals surface area contributed by atoms with Crippen LogP contribution in [0.15, 0.2) is 42.5 Å². The van der Waals surface area contributed by atoms with Gasteiger partial charge in [0.05, 0.1) is 29.2 Å². The van der Waals surface area contributed by atoms with Gasteiger partial charge in [-0.1, -0.05) is 12.1 Å². The van der Waals surface area contributed by atoms with Crippen molar-refractivity contribution in [3.63, 3.8) is 0 Å². The molecule has 1 fully saturated rings. The number of ether oxygens (including phenoxy) is 2. The van der Waals surface area contributed by atoms with Crippen molar-refractivity contribution in [2.45, 2.75) is 39.0 Å². The highest BCUT2D eigenvalue weighted by Crippen LogP contribution is 2.34. The molecular weight excluding hydrogens is 455 g/mol. The number of aromatic nitrogens is 1. The van der Waals surface area contributed by atoms with Gasteiger partial charge in [0, 0.05) is 11.6 Å². The van der Waals surface area contributed by atoms with Crippen molar-refractivity contribution >= 4 is 17.3 Å². The molecule has 0 aliphatic heterocycles. The number of benzene rings is 2. The zero-order chi connectivity index (χ0) is 23.6. The van der Waals surface area contributed by atoms with Crippen molar-refractivity contribution in [3.05, 3.63) is 64.2 Å². The summed E-state index contributed by atoms with van der Waals surface area (Å²) in [4.78, 5) is 16.5. The third-order valence-electron chi connectivity index (χ3n) is 5.20. The maximum Gasteiger partial charge on any atom is 0.416 e. The zero-order valence-corrected chi connectivity index (χ0v) is 18.6. The van der Waals surface area contributed by atoms with Gasteiger partial charge in [-0.3, -0.25) is 4.79 Å². The van der Waals surface area contributed by atoms with E-state index in [2.05, 4.69) is 4.98 Å². The molecule has 0 spiro atoms. The Balaban J connectivity index is 1.47. The molecule has 1 heterocycles. The van der Waals surface area contributed by atoms with E-state index in [1.165, 1.54) is 23.5 Å². The van der Waals surface area contributed by atoms with E-state index < -0.39 is 17.7 Å². The SMILES string of the molecule is Cc1nc(-c2ccc(C(F)(F)F)cc2)sc1COc1cc(CC(=O)O)cc(OCC2CC2)c1. The molecule has 0 unspecified atom stereocenters. The van der Waals surface area contributed by atoms with Crippen molar-refractivity contribution < 1.29 is 32.5 Å². The van der Waals surface area contributed by atoms with Crippen molar-refractivity contribution in [1.29, 1.82) is 0 Å². The maximum atomic E-state index is 12.8. The molecule has 0 saturated heterocycles. The minimum Gasteiger partial charge on any atom is -0.493 e. The van der Waals surface area contributed by atoms with Gasteiger partial charge in [-0.15, -0.1) is 11.3 Å². The molecule has 0 atom stereocenters. The van der Waals surface area contributed by atoms with Crippen molar-refractivity contribution in [1.82, 2.24) is 4.98 Å². The second kappa shape index (κ2) is 9.43. The summed E-state index contributed by atoms with van der Waals surface area (Å²) in [7, 11) is 0. The summed E-state index contributed by atoms with van der Waals surface area (Å²) < 4.78 is 50.1. The molecule has 1 aromatic heterocycles. The summed E-state index contributed by atoms with van der Waals surface area (Å²) in [6.45, 7) is 2.61. The molecule has 1 aliphatic carbocycles. The molecule has 9 heteroatoms. The lowest BCUT2D eigenvalue weighted by atomic mass is 10.1. The van der Waals surface area contributed by atoms with Crippen molar-refractivity contribution in [2.24, 2.45) is 5.92 Å². The summed E-state index contributed by atoms with van der Waals surface area (Å²) in [6.07, 6.45) is -2.24. The number of nitrogens with zero attached hydrogens (tertiary/aromatic N) is 1. The van der Waals surface area contributed by atoms with E-state index in [4.69, 9.17) is 14.6 Å². The zero-order valence-electron chi connectivity index (χ0n) is 17.8. The summed E-state index contributed by atoms with van der Waals surface area (Å²) in [5, 5.41) is 9.75. The summed E-state index contributed by atoms with van der Waals surface area (Å²) in [5.41, 5.74) is 1.20. The van der Waals surface area contributed by atoms with Gasteiger partial charge in [0.15, 0.2) is 0 Å². The van der Waals surface area contributed by atoms with Gasteiger partial charge in [0.1, 0.15) is 23.1 Å². The van der Waals surface area contributed by atoms with Crippen LogP contribution in [0.4, 0.5) is 13.2 Å². The Morgan fingerprint density at radius 1 is 1.12 bits per heavy atom. The van der Waals surface area contributed by atoms with Gasteiger partial charge < -0.3 is 14.6 Å². The Morgan fingerprint density at radius 2 is 1.79 bits per heavy atom. The fourth-order valence-electron chi connectivity index (χ4n) is 3.21. The van der Waals surface area contributed by atoms with Crippen LogP contribution < -0.4 is 9.47 Å². The van der Waals surface area contributed by atoms with Crippen molar-refractivity contribution in [3.8, 4) is 22.1 Å². The number of thiazole rings is 1. The average Bonchev–Trinajstić information content (AvgIpc) is 3.51. The molecule has 2 aromatic carbocycles. The van der Waals surface area contributed by atoms with Gasteiger partial charge in [-0.2, -0.15) is 13.2 Å². The van der Waals surface area contributed by atoms with Crippen LogP contribution >= 0.6 is 11.3 Å². The lowest BCUT2D eigenvalue weighted by molar-refractivity contribution is -0.138. The highest BCUT2D eigenvalue weighted by Gasteiger charge is 2.30. The molecule has 1 saturated carbocycles. The third-order valence-corrected chi connectivity index (χ3v) is 6.38. The molecule has 5 nitrogen and oxygen atoms in total. The summed E-state index contributed by atoms with van der Waals surface area (Å²) in [6, 6.07) is 10.0. The molecule has 1 N–H and O–H groups in total. The number of hydrogen-bond donors (Lipinski definition) is 1. The predicted molar refractivity (Wildman–Crippen MR) is 118 cm³/mol. The molecule has 0 amide bonds. The highest BCUT2D eigenvalue weighted by atomic mass is 32.1. The Bertz CT molecular complexity index is 1140. The van der Waals surface area contributed by atoms with Gasteiger partial charge in [-0.05, 0) is 55.5 Å². The Morgan fingerprint density at radius 3 is 2.39 bits per heavy atom. The van der Waals surface area contributed by atoms with E-state index in [9.17, 15) is 18.0 Å². The molecule has 0 radical (unpaired) electrons. The van der Waals surface area contributed by atoms with E-state index >= 15 is 0 Å². The van der Waals surface area contributed by atoms with Crippen LogP contribution in [-0.4, -0.2) is 22.7 Å². The molecule has 174 valence electrons. The largest absolute Gasteiger partial charge is 0.493 e.